The van der Waals surface area contributed by atoms with E-state index in [0.29, 0.717) is 16.8 Å². The number of aromatic nitrogens is 3. The molecule has 1 heterocycles. The fraction of sp³-hybridized carbons (Fsp3) is 0.0455. The molecule has 30 heavy (non-hydrogen) atoms. The van der Waals surface area contributed by atoms with Gasteiger partial charge in [-0.3, -0.25) is 0 Å². The zero-order valence-electron chi connectivity index (χ0n) is 15.2. The number of rotatable bonds is 3. The smallest absolute Gasteiger partial charge is 0.233 e. The van der Waals surface area contributed by atoms with Gasteiger partial charge in [0.15, 0.2) is 5.82 Å². The first-order valence-corrected chi connectivity index (χ1v) is 8.75. The van der Waals surface area contributed by atoms with Crippen LogP contribution in [0.15, 0.2) is 72.9 Å². The van der Waals surface area contributed by atoms with Crippen molar-refractivity contribution in [1.82, 2.24) is 15.2 Å². The van der Waals surface area contributed by atoms with Crippen molar-refractivity contribution in [2.45, 2.75) is 6.18 Å². The quantitative estimate of drug-likeness (QED) is 0.377. The molecule has 3 nitrogen and oxygen atoms in total. The van der Waals surface area contributed by atoms with Gasteiger partial charge in [0.2, 0.25) is 0 Å². The Kier molecular flexibility index (Phi) is 4.99. The minimum Gasteiger partial charge on any atom is -0.233 e. The summed E-state index contributed by atoms with van der Waals surface area (Å²) in [5, 5.41) is 7.79. The lowest BCUT2D eigenvalue weighted by molar-refractivity contribution is -0.137. The Balaban J connectivity index is 1.57. The summed E-state index contributed by atoms with van der Waals surface area (Å²) >= 11 is 0. The summed E-state index contributed by atoms with van der Waals surface area (Å²) < 4.78 is 65.7. The molecule has 0 atom stereocenters. The summed E-state index contributed by atoms with van der Waals surface area (Å²) in [5.74, 6) is -1.74. The van der Waals surface area contributed by atoms with E-state index in [1.807, 2.05) is 0 Å². The van der Waals surface area contributed by atoms with E-state index in [4.69, 9.17) is 0 Å². The first-order valence-electron chi connectivity index (χ1n) is 8.75. The third kappa shape index (κ3) is 3.89. The monoisotopic (exact) mass is 413 g/mol. The molecule has 0 amide bonds. The van der Waals surface area contributed by atoms with Crippen molar-refractivity contribution < 1.29 is 22.0 Å². The molecule has 0 aliphatic heterocycles. The van der Waals surface area contributed by atoms with Crippen LogP contribution in [0.25, 0.3) is 33.8 Å². The van der Waals surface area contributed by atoms with Crippen molar-refractivity contribution in [3.8, 4) is 33.8 Å². The van der Waals surface area contributed by atoms with Gasteiger partial charge in [0.25, 0.3) is 0 Å². The Hall–Kier alpha value is -3.68. The van der Waals surface area contributed by atoms with Crippen LogP contribution in [0, 0.1) is 11.6 Å². The average molecular weight is 413 g/mol. The molecule has 0 saturated carbocycles. The van der Waals surface area contributed by atoms with E-state index in [-0.39, 0.29) is 11.4 Å². The maximum Gasteiger partial charge on any atom is 0.416 e. The molecule has 0 radical (unpaired) electrons. The van der Waals surface area contributed by atoms with Crippen LogP contribution in [0.5, 0.6) is 0 Å². The molecule has 150 valence electrons. The molecule has 0 aliphatic rings. The minimum atomic E-state index is -4.38. The van der Waals surface area contributed by atoms with Crippen molar-refractivity contribution in [3.05, 3.63) is 90.1 Å². The molecule has 4 rings (SSSR count). The van der Waals surface area contributed by atoms with Crippen molar-refractivity contribution >= 4 is 0 Å². The first-order chi connectivity index (χ1) is 14.3. The topological polar surface area (TPSA) is 38.7 Å². The van der Waals surface area contributed by atoms with Crippen LogP contribution < -0.4 is 0 Å². The highest BCUT2D eigenvalue weighted by Gasteiger charge is 2.29. The molecule has 0 N–H and O–H groups in total. The molecular formula is C22H12F5N3. The van der Waals surface area contributed by atoms with E-state index >= 15 is 0 Å². The highest BCUT2D eigenvalue weighted by molar-refractivity contribution is 5.69. The van der Waals surface area contributed by atoms with E-state index in [0.717, 1.165) is 29.8 Å². The Labute approximate surface area is 167 Å². The van der Waals surface area contributed by atoms with Gasteiger partial charge >= 0.3 is 6.18 Å². The van der Waals surface area contributed by atoms with Crippen LogP contribution in [0.4, 0.5) is 22.0 Å². The maximum absolute atomic E-state index is 13.8. The maximum atomic E-state index is 13.8. The Morgan fingerprint density at radius 2 is 1.17 bits per heavy atom. The Morgan fingerprint density at radius 1 is 0.633 bits per heavy atom. The summed E-state index contributed by atoms with van der Waals surface area (Å²) in [6.07, 6.45) is -3.03. The zero-order chi connectivity index (χ0) is 21.3. The lowest BCUT2D eigenvalue weighted by Crippen LogP contribution is -2.03. The Morgan fingerprint density at radius 3 is 1.67 bits per heavy atom. The van der Waals surface area contributed by atoms with E-state index in [9.17, 15) is 22.0 Å². The first kappa shape index (κ1) is 19.6. The SMILES string of the molecule is Fc1cccc(F)c1-c1ncc(-c2ccc(-c3ccc(C(F)(F)F)cc3)cc2)nn1. The van der Waals surface area contributed by atoms with Gasteiger partial charge in [0.1, 0.15) is 17.3 Å². The molecule has 0 fully saturated rings. The molecule has 1 aromatic heterocycles. The predicted octanol–water partition coefficient (Wildman–Crippen LogP) is 6.17. The number of benzene rings is 3. The van der Waals surface area contributed by atoms with Gasteiger partial charge in [-0.25, -0.2) is 13.8 Å². The molecule has 0 unspecified atom stereocenters. The molecule has 0 bridgehead atoms. The van der Waals surface area contributed by atoms with Crippen LogP contribution in [0.1, 0.15) is 5.56 Å². The zero-order valence-corrected chi connectivity index (χ0v) is 15.2. The standard InChI is InChI=1S/C22H12F5N3/c23-17-2-1-3-18(24)20(17)21-28-12-19(29-30-21)15-6-4-13(5-7-15)14-8-10-16(11-9-14)22(25,26)27/h1-12H. The fourth-order valence-electron chi connectivity index (χ4n) is 2.92. The molecule has 4 aromatic rings. The molecule has 0 spiro atoms. The van der Waals surface area contributed by atoms with Crippen LogP contribution in [0.3, 0.4) is 0 Å². The lowest BCUT2D eigenvalue weighted by atomic mass is 10.0. The van der Waals surface area contributed by atoms with Crippen molar-refractivity contribution in [3.63, 3.8) is 0 Å². The normalized spacial score (nSPS) is 11.5. The summed E-state index contributed by atoms with van der Waals surface area (Å²) in [5.41, 5.74) is 1.31. The van der Waals surface area contributed by atoms with Gasteiger partial charge in [-0.15, -0.1) is 10.2 Å². The Bertz CT molecular complexity index is 1150. The van der Waals surface area contributed by atoms with Crippen molar-refractivity contribution in [2.24, 2.45) is 0 Å². The van der Waals surface area contributed by atoms with Gasteiger partial charge in [-0.05, 0) is 35.4 Å². The van der Waals surface area contributed by atoms with Crippen molar-refractivity contribution in [2.75, 3.05) is 0 Å². The largest absolute Gasteiger partial charge is 0.416 e. The summed E-state index contributed by atoms with van der Waals surface area (Å²) in [6, 6.07) is 15.2. The van der Waals surface area contributed by atoms with Crippen LogP contribution >= 0.6 is 0 Å². The number of nitrogens with zero attached hydrogens (tertiary/aromatic N) is 3. The van der Waals surface area contributed by atoms with E-state index in [1.165, 1.54) is 24.4 Å². The van der Waals surface area contributed by atoms with Crippen LogP contribution in [-0.2, 0) is 6.18 Å². The minimum absolute atomic E-state index is 0.171. The molecule has 8 heteroatoms. The molecule has 3 aromatic carbocycles. The second-order valence-electron chi connectivity index (χ2n) is 6.42. The third-order valence-corrected chi connectivity index (χ3v) is 4.47. The van der Waals surface area contributed by atoms with Gasteiger partial charge in [-0.1, -0.05) is 42.5 Å². The number of hydrogen-bond donors (Lipinski definition) is 0. The van der Waals surface area contributed by atoms with Crippen molar-refractivity contribution in [1.29, 1.82) is 0 Å². The lowest BCUT2D eigenvalue weighted by Gasteiger charge is -2.08. The third-order valence-electron chi connectivity index (χ3n) is 4.47. The fourth-order valence-corrected chi connectivity index (χ4v) is 2.92. The summed E-state index contributed by atoms with van der Waals surface area (Å²) in [7, 11) is 0. The number of halogens is 5. The average Bonchev–Trinajstić information content (AvgIpc) is 2.74. The summed E-state index contributed by atoms with van der Waals surface area (Å²) in [6.45, 7) is 0. The number of hydrogen-bond acceptors (Lipinski definition) is 3. The predicted molar refractivity (Wildman–Crippen MR) is 101 cm³/mol. The highest BCUT2D eigenvalue weighted by Crippen LogP contribution is 2.31. The molecule has 0 aliphatic carbocycles. The summed E-state index contributed by atoms with van der Waals surface area (Å²) in [4.78, 5) is 4.00. The van der Waals surface area contributed by atoms with Crippen LogP contribution in [0.2, 0.25) is 0 Å². The van der Waals surface area contributed by atoms with Gasteiger partial charge in [0, 0.05) is 5.56 Å². The van der Waals surface area contributed by atoms with E-state index in [1.54, 1.807) is 24.3 Å². The van der Waals surface area contributed by atoms with Gasteiger partial charge in [0.05, 0.1) is 17.3 Å². The van der Waals surface area contributed by atoms with Gasteiger partial charge < -0.3 is 0 Å². The number of alkyl halides is 3. The highest BCUT2D eigenvalue weighted by atomic mass is 19.4. The van der Waals surface area contributed by atoms with Crippen LogP contribution in [-0.4, -0.2) is 15.2 Å². The molecule has 0 saturated heterocycles. The van der Waals surface area contributed by atoms with Gasteiger partial charge in [-0.2, -0.15) is 13.2 Å². The van der Waals surface area contributed by atoms with E-state index in [2.05, 4.69) is 15.2 Å². The molecular weight excluding hydrogens is 401 g/mol. The van der Waals surface area contributed by atoms with E-state index < -0.39 is 23.4 Å². The second kappa shape index (κ2) is 7.62. The second-order valence-corrected chi connectivity index (χ2v) is 6.42.